The van der Waals surface area contributed by atoms with Gasteiger partial charge in [-0.3, -0.25) is 0 Å². The van der Waals surface area contributed by atoms with Gasteiger partial charge in [-0.15, -0.1) is 0 Å². The molecule has 0 spiro atoms. The summed E-state index contributed by atoms with van der Waals surface area (Å²) in [5.74, 6) is 0.134. The molecule has 0 bridgehead atoms. The highest BCUT2D eigenvalue weighted by Gasteiger charge is 2.31. The van der Waals surface area contributed by atoms with Gasteiger partial charge in [0.15, 0.2) is 0 Å². The van der Waals surface area contributed by atoms with Crippen molar-refractivity contribution < 1.29 is 19.7 Å². The highest BCUT2D eigenvalue weighted by atomic mass is 16.6. The van der Waals surface area contributed by atoms with E-state index in [0.29, 0.717) is 12.0 Å². The highest BCUT2D eigenvalue weighted by Crippen LogP contribution is 2.19. The molecule has 6 heteroatoms. The van der Waals surface area contributed by atoms with Gasteiger partial charge in [-0.2, -0.15) is 0 Å². The number of aliphatic hydroxyl groups is 2. The number of carbonyl (C=O) groups is 1. The maximum atomic E-state index is 11.5. The molecular weight excluding hydrogens is 329 g/mol. The summed E-state index contributed by atoms with van der Waals surface area (Å²) >= 11 is 0. The minimum atomic E-state index is -1.01. The Balaban J connectivity index is 0.000000660. The largest absolute Gasteiger partial charge is 0.444 e. The quantitative estimate of drug-likeness (QED) is 0.719. The number of rotatable bonds is 4. The molecule has 2 radical (unpaired) electrons. The van der Waals surface area contributed by atoms with E-state index < -0.39 is 22.9 Å². The van der Waals surface area contributed by atoms with Gasteiger partial charge in [0.2, 0.25) is 0 Å². The second kappa shape index (κ2) is 9.29. The summed E-state index contributed by atoms with van der Waals surface area (Å²) < 4.78 is 5.16. The topological polar surface area (TPSA) is 78.8 Å². The van der Waals surface area contributed by atoms with Gasteiger partial charge in [0.25, 0.3) is 0 Å². The maximum Gasteiger partial charge on any atom is 0.407 e. The minimum absolute atomic E-state index is 0.134. The summed E-state index contributed by atoms with van der Waals surface area (Å²) in [6.45, 7) is 14.3. The first-order valence-electron chi connectivity index (χ1n) is 8.64. The second-order valence-electron chi connectivity index (χ2n) is 8.40. The number of alkyl carbamates (subject to hydrolysis) is 1. The fourth-order valence-electron chi connectivity index (χ4n) is 1.36. The predicted molar refractivity (Wildman–Crippen MR) is 105 cm³/mol. The van der Waals surface area contributed by atoms with Crippen molar-refractivity contribution in [2.45, 2.75) is 78.1 Å². The van der Waals surface area contributed by atoms with Crippen molar-refractivity contribution >= 4 is 19.4 Å². The molecule has 1 unspecified atom stereocenters. The third kappa shape index (κ3) is 10.3. The lowest BCUT2D eigenvalue weighted by Crippen LogP contribution is -2.44. The van der Waals surface area contributed by atoms with Crippen molar-refractivity contribution in [3.05, 3.63) is 29.8 Å². The van der Waals surface area contributed by atoms with Crippen LogP contribution in [0, 0.1) is 12.1 Å². The van der Waals surface area contributed by atoms with Crippen molar-refractivity contribution in [1.29, 1.82) is 0 Å². The predicted octanol–water partition coefficient (Wildman–Crippen LogP) is 2.24. The fourth-order valence-corrected chi connectivity index (χ4v) is 1.36. The van der Waals surface area contributed by atoms with Crippen molar-refractivity contribution in [2.24, 2.45) is 0 Å². The minimum Gasteiger partial charge on any atom is -0.444 e. The van der Waals surface area contributed by atoms with Crippen LogP contribution in [0.3, 0.4) is 0 Å². The summed E-state index contributed by atoms with van der Waals surface area (Å²) in [5.41, 5.74) is -0.972. The standard InChI is InChI=1S/C14H18BNO2.C6H14O2/c1-10(11-5-7-12(15)8-6-11)9-16-13(17)18-14(2,3)4;1-5(2,7)6(3,4)8/h5,7,10H,9H2,1-4H3,(H,16,17);7-8H,1-4H3. The molecule has 0 saturated heterocycles. The molecule has 1 amide bonds. The SMILES string of the molecule is CC(C)(O)C(C)(C)O.[B]c1c#cc(C(C)CNC(=O)OC(C)(C)C)cc1. The third-order valence-electron chi connectivity index (χ3n) is 3.77. The first-order chi connectivity index (χ1) is 11.5. The zero-order valence-corrected chi connectivity index (χ0v) is 17.2. The van der Waals surface area contributed by atoms with Gasteiger partial charge in [-0.1, -0.05) is 31.2 Å². The second-order valence-corrected chi connectivity index (χ2v) is 8.40. The van der Waals surface area contributed by atoms with Crippen LogP contribution in [-0.4, -0.2) is 47.5 Å². The van der Waals surface area contributed by atoms with Crippen molar-refractivity contribution in [3.63, 3.8) is 0 Å². The number of carbonyl (C=O) groups excluding carboxylic acids is 1. The molecular formula is C20H32BNO4. The van der Waals surface area contributed by atoms with Gasteiger partial charge < -0.3 is 20.3 Å². The van der Waals surface area contributed by atoms with E-state index in [0.717, 1.165) is 5.56 Å². The number of amides is 1. The van der Waals surface area contributed by atoms with Crippen LogP contribution >= 0.6 is 0 Å². The average molecular weight is 361 g/mol. The normalized spacial score (nSPS) is 13.0. The molecule has 26 heavy (non-hydrogen) atoms. The molecule has 1 aromatic rings. The van der Waals surface area contributed by atoms with Crippen LogP contribution < -0.4 is 10.8 Å². The number of nitrogens with one attached hydrogen (secondary N) is 1. The van der Waals surface area contributed by atoms with Crippen LogP contribution in [0.2, 0.25) is 0 Å². The van der Waals surface area contributed by atoms with Gasteiger partial charge in [0, 0.05) is 18.0 Å². The van der Waals surface area contributed by atoms with Crippen LogP contribution in [0.15, 0.2) is 12.1 Å². The van der Waals surface area contributed by atoms with E-state index in [-0.39, 0.29) is 5.92 Å². The number of hydrogen-bond acceptors (Lipinski definition) is 4. The first-order valence-corrected chi connectivity index (χ1v) is 8.64. The molecule has 0 heterocycles. The van der Waals surface area contributed by atoms with E-state index in [9.17, 15) is 4.79 Å². The third-order valence-corrected chi connectivity index (χ3v) is 3.77. The molecule has 0 fully saturated rings. The lowest BCUT2D eigenvalue weighted by atomic mass is 9.90. The average Bonchev–Trinajstić information content (AvgIpc) is 2.42. The van der Waals surface area contributed by atoms with Gasteiger partial charge in [0.1, 0.15) is 13.4 Å². The Morgan fingerprint density at radius 2 is 1.62 bits per heavy atom. The molecule has 144 valence electrons. The lowest BCUT2D eigenvalue weighted by Gasteiger charge is -2.31. The summed E-state index contributed by atoms with van der Waals surface area (Å²) in [5, 5.41) is 20.9. The highest BCUT2D eigenvalue weighted by molar-refractivity contribution is 6.31. The smallest absolute Gasteiger partial charge is 0.407 e. The molecule has 1 atom stereocenters. The number of hydrogen-bond donors (Lipinski definition) is 3. The zero-order valence-electron chi connectivity index (χ0n) is 17.2. The van der Waals surface area contributed by atoms with E-state index in [4.69, 9.17) is 22.8 Å². The van der Waals surface area contributed by atoms with E-state index in [1.54, 1.807) is 33.8 Å². The van der Waals surface area contributed by atoms with Crippen molar-refractivity contribution in [2.75, 3.05) is 6.54 Å². The maximum absolute atomic E-state index is 11.5. The number of ether oxygens (including phenoxy) is 1. The van der Waals surface area contributed by atoms with Crippen LogP contribution in [0.5, 0.6) is 0 Å². The Labute approximate surface area is 159 Å². The van der Waals surface area contributed by atoms with E-state index >= 15 is 0 Å². The molecule has 0 saturated carbocycles. The Bertz CT molecular complexity index is 539. The summed E-state index contributed by atoms with van der Waals surface area (Å²) in [7, 11) is 5.54. The van der Waals surface area contributed by atoms with Gasteiger partial charge in [0.05, 0.1) is 11.2 Å². The van der Waals surface area contributed by atoms with E-state index in [2.05, 4.69) is 17.4 Å². The Kier molecular flexibility index (Phi) is 8.69. The van der Waals surface area contributed by atoms with Crippen molar-refractivity contribution in [1.82, 2.24) is 5.32 Å². The molecule has 0 aromatic heterocycles. The monoisotopic (exact) mass is 361 g/mol. The van der Waals surface area contributed by atoms with Crippen LogP contribution in [0.4, 0.5) is 4.79 Å². The van der Waals surface area contributed by atoms with E-state index in [1.165, 1.54) is 0 Å². The summed E-state index contributed by atoms with van der Waals surface area (Å²) in [4.78, 5) is 11.5. The van der Waals surface area contributed by atoms with Crippen LogP contribution in [0.25, 0.3) is 0 Å². The molecule has 1 rings (SSSR count). The van der Waals surface area contributed by atoms with Crippen molar-refractivity contribution in [3.8, 4) is 0 Å². The molecule has 1 aromatic carbocycles. The summed E-state index contributed by atoms with van der Waals surface area (Å²) in [6, 6.07) is 9.44. The van der Waals surface area contributed by atoms with Gasteiger partial charge >= 0.3 is 6.09 Å². The first kappa shape index (κ1) is 24.3. The van der Waals surface area contributed by atoms with Crippen LogP contribution in [0.1, 0.15) is 66.9 Å². The van der Waals surface area contributed by atoms with E-state index in [1.807, 2.05) is 33.8 Å². The Morgan fingerprint density at radius 1 is 1.12 bits per heavy atom. The molecule has 3 N–H and O–H groups in total. The summed E-state index contributed by atoms with van der Waals surface area (Å²) in [6.07, 6.45) is -0.409. The molecule has 0 aliphatic carbocycles. The lowest BCUT2D eigenvalue weighted by molar-refractivity contribution is -0.107. The van der Waals surface area contributed by atoms with Crippen LogP contribution in [-0.2, 0) is 4.74 Å². The molecule has 0 aliphatic heterocycles. The molecule has 0 aliphatic rings. The Morgan fingerprint density at radius 3 is 1.96 bits per heavy atom. The zero-order chi connectivity index (χ0) is 20.8. The van der Waals surface area contributed by atoms with Gasteiger partial charge in [-0.25, -0.2) is 4.79 Å². The van der Waals surface area contributed by atoms with Gasteiger partial charge in [-0.05, 0) is 53.9 Å². The fraction of sp³-hybridized carbons (Fsp3) is 0.650. The molecule has 5 nitrogen and oxygen atoms in total. The Hall–Kier alpha value is -1.71.